The molecule has 1 fully saturated rings. The Morgan fingerprint density at radius 3 is 2.23 bits per heavy atom. The van der Waals surface area contributed by atoms with Gasteiger partial charge in [-0.1, -0.05) is 13.8 Å². The highest BCUT2D eigenvalue weighted by atomic mass is 19.3. The maximum atomic E-state index is 9.89. The summed E-state index contributed by atoms with van der Waals surface area (Å²) < 4.78 is 31.3. The summed E-state index contributed by atoms with van der Waals surface area (Å²) in [7, 11) is 0.958. The number of ether oxygens (including phenoxy) is 4. The monoisotopic (exact) mass is 457 g/mol. The van der Waals surface area contributed by atoms with Gasteiger partial charge < -0.3 is 45.0 Å². The number of nitrogens with zero attached hydrogens (tertiary/aromatic N) is 1. The first-order valence-electron chi connectivity index (χ1n) is 10.2. The van der Waals surface area contributed by atoms with Crippen LogP contribution >= 0.6 is 0 Å². The Balaban J connectivity index is 0.00000282. The summed E-state index contributed by atoms with van der Waals surface area (Å²) >= 11 is 0. The topological polar surface area (TPSA) is 162 Å². The lowest BCUT2D eigenvalue weighted by molar-refractivity contribution is -0.189. The molecular weight excluding hydrogens is 417 g/mol. The number of aliphatic hydroxyl groups excluding tert-OH is 3. The third kappa shape index (κ3) is 15.4. The molecule has 0 aromatic rings. The van der Waals surface area contributed by atoms with Crippen molar-refractivity contribution in [3.8, 4) is 0 Å². The smallest absolute Gasteiger partial charge is 0.111 e. The number of halogens is 1. The van der Waals surface area contributed by atoms with Crippen LogP contribution in [0.4, 0.5) is 4.53 Å². The van der Waals surface area contributed by atoms with E-state index in [4.69, 9.17) is 30.5 Å². The van der Waals surface area contributed by atoms with Crippen molar-refractivity contribution in [2.75, 3.05) is 59.9 Å². The van der Waals surface area contributed by atoms with Crippen molar-refractivity contribution < 1.29 is 43.7 Å². The molecule has 0 amide bonds. The SMILES string of the molecule is CC(C)CCOCCOCCOC/C(N)=C/N(N)CC1OCC(O)C(O)C1O.COF. The van der Waals surface area contributed by atoms with E-state index in [0.29, 0.717) is 38.0 Å². The lowest BCUT2D eigenvalue weighted by atomic mass is 10.00. The fourth-order valence-electron chi connectivity index (χ4n) is 2.49. The Bertz CT molecular complexity index is 462. The van der Waals surface area contributed by atoms with E-state index >= 15 is 0 Å². The number of aliphatic hydroxyl groups is 3. The molecule has 7 N–H and O–H groups in total. The minimum Gasteiger partial charge on any atom is -0.399 e. The first-order chi connectivity index (χ1) is 14.7. The molecule has 12 heteroatoms. The predicted molar refractivity (Wildman–Crippen MR) is 111 cm³/mol. The third-order valence-electron chi connectivity index (χ3n) is 4.18. The third-order valence-corrected chi connectivity index (χ3v) is 4.18. The van der Waals surface area contributed by atoms with E-state index in [9.17, 15) is 19.8 Å². The zero-order valence-corrected chi connectivity index (χ0v) is 18.7. The van der Waals surface area contributed by atoms with Gasteiger partial charge in [0, 0.05) is 12.8 Å². The first-order valence-corrected chi connectivity index (χ1v) is 10.2. The van der Waals surface area contributed by atoms with E-state index in [-0.39, 0.29) is 19.8 Å². The summed E-state index contributed by atoms with van der Waals surface area (Å²) in [6.45, 7) is 7.19. The predicted octanol–water partition coefficient (Wildman–Crippen LogP) is -0.943. The van der Waals surface area contributed by atoms with Crippen LogP contribution in [-0.2, 0) is 23.9 Å². The molecule has 0 aromatic carbocycles. The van der Waals surface area contributed by atoms with Crippen LogP contribution in [0.25, 0.3) is 0 Å². The number of rotatable bonds is 14. The van der Waals surface area contributed by atoms with Gasteiger partial charge >= 0.3 is 0 Å². The van der Waals surface area contributed by atoms with Gasteiger partial charge in [0.05, 0.1) is 59.0 Å². The van der Waals surface area contributed by atoms with E-state index in [2.05, 4.69) is 18.8 Å². The Labute approximate surface area is 183 Å². The van der Waals surface area contributed by atoms with Crippen LogP contribution in [0.15, 0.2) is 11.9 Å². The zero-order chi connectivity index (χ0) is 23.6. The van der Waals surface area contributed by atoms with Crippen molar-refractivity contribution in [1.29, 1.82) is 0 Å². The summed E-state index contributed by atoms with van der Waals surface area (Å²) in [4.78, 5) is 2.75. The maximum absolute atomic E-state index is 9.89. The number of hydrogen-bond acceptors (Lipinski definition) is 11. The summed E-state index contributed by atoms with van der Waals surface area (Å²) in [5.74, 6) is 6.46. The molecular formula is C19H40FN3O8. The Kier molecular flexibility index (Phi) is 17.8. The highest BCUT2D eigenvalue weighted by Crippen LogP contribution is 2.16. The van der Waals surface area contributed by atoms with Crippen LogP contribution in [0.3, 0.4) is 0 Å². The van der Waals surface area contributed by atoms with Crippen LogP contribution in [0.5, 0.6) is 0 Å². The average Bonchev–Trinajstić information content (AvgIpc) is 2.70. The molecule has 0 spiro atoms. The molecule has 1 heterocycles. The molecule has 1 saturated heterocycles. The molecule has 11 nitrogen and oxygen atoms in total. The van der Waals surface area contributed by atoms with Crippen molar-refractivity contribution in [2.45, 2.75) is 44.7 Å². The average molecular weight is 458 g/mol. The molecule has 0 bridgehead atoms. The van der Waals surface area contributed by atoms with Crippen molar-refractivity contribution in [3.05, 3.63) is 11.9 Å². The second-order valence-corrected chi connectivity index (χ2v) is 7.44. The lowest BCUT2D eigenvalue weighted by Crippen LogP contribution is -2.56. The van der Waals surface area contributed by atoms with E-state index in [1.165, 1.54) is 11.2 Å². The van der Waals surface area contributed by atoms with Gasteiger partial charge in [0.1, 0.15) is 24.4 Å². The first kappa shape index (κ1) is 29.9. The number of hydrazine groups is 1. The van der Waals surface area contributed by atoms with Gasteiger partial charge in [0.2, 0.25) is 0 Å². The van der Waals surface area contributed by atoms with Crippen molar-refractivity contribution in [3.63, 3.8) is 0 Å². The van der Waals surface area contributed by atoms with Gasteiger partial charge in [0.25, 0.3) is 0 Å². The van der Waals surface area contributed by atoms with E-state index < -0.39 is 24.4 Å². The summed E-state index contributed by atoms with van der Waals surface area (Å²) in [5, 5.41) is 30.2. The molecule has 1 aliphatic rings. The minimum atomic E-state index is -1.27. The Morgan fingerprint density at radius 2 is 1.65 bits per heavy atom. The van der Waals surface area contributed by atoms with Crippen LogP contribution in [0, 0.1) is 5.92 Å². The molecule has 1 aliphatic heterocycles. The fraction of sp³-hybridized carbons (Fsp3) is 0.895. The zero-order valence-electron chi connectivity index (χ0n) is 18.7. The van der Waals surface area contributed by atoms with Crippen LogP contribution in [0.2, 0.25) is 0 Å². The van der Waals surface area contributed by atoms with Crippen LogP contribution < -0.4 is 11.6 Å². The standard InChI is InChI=1S/C18H37N3O7.CH3FO/c1-13(2)3-4-25-5-6-26-7-8-27-11-14(19)9-21(20)10-16-18(24)17(23)15(22)12-28-16;1-3-2/h9,13,15-18,22-24H,3-8,10-12,19-20H2,1-2H3;1H3/b14-9-;. The van der Waals surface area contributed by atoms with Crippen molar-refractivity contribution in [1.82, 2.24) is 5.01 Å². The summed E-state index contributed by atoms with van der Waals surface area (Å²) in [6.07, 6.45) is -1.83. The molecule has 186 valence electrons. The maximum Gasteiger partial charge on any atom is 0.111 e. The second-order valence-electron chi connectivity index (χ2n) is 7.44. The van der Waals surface area contributed by atoms with Gasteiger partial charge in [-0.05, 0) is 16.9 Å². The van der Waals surface area contributed by atoms with Gasteiger partial charge in [0.15, 0.2) is 0 Å². The molecule has 4 unspecified atom stereocenters. The molecule has 1 rings (SSSR count). The van der Waals surface area contributed by atoms with Crippen molar-refractivity contribution >= 4 is 0 Å². The van der Waals surface area contributed by atoms with E-state index in [1.54, 1.807) is 0 Å². The fourth-order valence-corrected chi connectivity index (χ4v) is 2.49. The van der Waals surface area contributed by atoms with Gasteiger partial charge in [-0.2, -0.15) is 4.94 Å². The molecule has 0 aromatic heterocycles. The molecule has 4 atom stereocenters. The van der Waals surface area contributed by atoms with Gasteiger partial charge in [-0.25, -0.2) is 5.84 Å². The Morgan fingerprint density at radius 1 is 1.10 bits per heavy atom. The second kappa shape index (κ2) is 18.5. The molecule has 0 saturated carbocycles. The quantitative estimate of drug-likeness (QED) is 0.124. The Hall–Kier alpha value is -1.09. The van der Waals surface area contributed by atoms with Crippen molar-refractivity contribution in [2.24, 2.45) is 17.5 Å². The summed E-state index contributed by atoms with van der Waals surface area (Å²) in [6, 6.07) is 0. The minimum absolute atomic E-state index is 0.0677. The molecule has 0 radical (unpaired) electrons. The highest BCUT2D eigenvalue weighted by molar-refractivity contribution is 4.97. The van der Waals surface area contributed by atoms with Gasteiger partial charge in [-0.3, -0.25) is 0 Å². The highest BCUT2D eigenvalue weighted by Gasteiger charge is 2.37. The largest absolute Gasteiger partial charge is 0.399 e. The van der Waals surface area contributed by atoms with E-state index in [1.807, 2.05) is 0 Å². The number of nitrogens with two attached hydrogens (primary N) is 2. The van der Waals surface area contributed by atoms with Gasteiger partial charge in [-0.15, -0.1) is 0 Å². The van der Waals surface area contributed by atoms with Crippen LogP contribution in [0.1, 0.15) is 20.3 Å². The molecule has 0 aliphatic carbocycles. The van der Waals surface area contributed by atoms with Crippen LogP contribution in [-0.4, -0.2) is 105 Å². The van der Waals surface area contributed by atoms with E-state index in [0.717, 1.165) is 20.1 Å². The summed E-state index contributed by atoms with van der Waals surface area (Å²) in [5.41, 5.74) is 6.24. The molecule has 31 heavy (non-hydrogen) atoms. The number of hydrogen-bond donors (Lipinski definition) is 5. The lowest BCUT2D eigenvalue weighted by Gasteiger charge is -2.36. The normalized spacial score (nSPS) is 24.1.